The molecule has 1 amide bonds. The van der Waals surface area contributed by atoms with Gasteiger partial charge in [-0.3, -0.25) is 9.59 Å². The van der Waals surface area contributed by atoms with Crippen LogP contribution in [-0.4, -0.2) is 18.8 Å². The summed E-state index contributed by atoms with van der Waals surface area (Å²) in [5.41, 5.74) is 1.79. The van der Waals surface area contributed by atoms with Gasteiger partial charge in [0.1, 0.15) is 5.75 Å². The first-order valence-electron chi connectivity index (χ1n) is 7.37. The maximum atomic E-state index is 12.4. The molecule has 0 atom stereocenters. The van der Waals surface area contributed by atoms with Crippen molar-refractivity contribution in [2.45, 2.75) is 12.8 Å². The van der Waals surface area contributed by atoms with Crippen molar-refractivity contribution in [2.75, 3.05) is 12.4 Å². The van der Waals surface area contributed by atoms with E-state index in [1.807, 2.05) is 6.07 Å². The SMILES string of the molecule is COc1ccc(Br)cc1C(=O)Nc1ccc(C(=O)C2CC2)cc1. The van der Waals surface area contributed by atoms with E-state index in [1.54, 1.807) is 36.4 Å². The van der Waals surface area contributed by atoms with Crippen molar-refractivity contribution >= 4 is 33.3 Å². The number of carbonyl (C=O) groups excluding carboxylic acids is 2. The molecule has 0 aromatic heterocycles. The van der Waals surface area contributed by atoms with Gasteiger partial charge in [0, 0.05) is 21.6 Å². The van der Waals surface area contributed by atoms with Crippen LogP contribution in [0.5, 0.6) is 5.75 Å². The van der Waals surface area contributed by atoms with Gasteiger partial charge in [0.25, 0.3) is 5.91 Å². The third-order valence-corrected chi connectivity index (χ3v) is 4.27. The molecular formula is C18H16BrNO3. The van der Waals surface area contributed by atoms with Crippen LogP contribution in [0.4, 0.5) is 5.69 Å². The van der Waals surface area contributed by atoms with Gasteiger partial charge >= 0.3 is 0 Å². The lowest BCUT2D eigenvalue weighted by molar-refractivity contribution is 0.0967. The summed E-state index contributed by atoms with van der Waals surface area (Å²) in [6, 6.07) is 12.3. The summed E-state index contributed by atoms with van der Waals surface area (Å²) < 4.78 is 6.02. The van der Waals surface area contributed by atoms with Crippen molar-refractivity contribution in [2.24, 2.45) is 5.92 Å². The second-order valence-corrected chi connectivity index (χ2v) is 6.43. The van der Waals surface area contributed by atoms with E-state index in [-0.39, 0.29) is 17.6 Å². The van der Waals surface area contributed by atoms with Gasteiger partial charge in [-0.2, -0.15) is 0 Å². The molecule has 23 heavy (non-hydrogen) atoms. The molecule has 3 rings (SSSR count). The summed E-state index contributed by atoms with van der Waals surface area (Å²) in [6.45, 7) is 0. The standard InChI is InChI=1S/C18H16BrNO3/c1-23-16-9-6-13(19)10-15(16)18(22)20-14-7-4-12(5-8-14)17(21)11-2-3-11/h4-11H,2-3H2,1H3,(H,20,22). The molecule has 0 heterocycles. The molecule has 1 fully saturated rings. The van der Waals surface area contributed by atoms with Crippen molar-refractivity contribution in [3.63, 3.8) is 0 Å². The Morgan fingerprint density at radius 3 is 2.43 bits per heavy atom. The van der Waals surface area contributed by atoms with E-state index in [0.717, 1.165) is 17.3 Å². The van der Waals surface area contributed by atoms with E-state index >= 15 is 0 Å². The summed E-state index contributed by atoms with van der Waals surface area (Å²) in [7, 11) is 1.53. The highest BCUT2D eigenvalue weighted by Crippen LogP contribution is 2.32. The minimum absolute atomic E-state index is 0.191. The molecule has 118 valence electrons. The van der Waals surface area contributed by atoms with Crippen LogP contribution in [0.1, 0.15) is 33.6 Å². The number of halogens is 1. The van der Waals surface area contributed by atoms with Gasteiger partial charge in [0.15, 0.2) is 5.78 Å². The smallest absolute Gasteiger partial charge is 0.259 e. The molecule has 1 aliphatic rings. The van der Waals surface area contributed by atoms with Crippen LogP contribution in [0.2, 0.25) is 0 Å². The number of benzene rings is 2. The Balaban J connectivity index is 1.75. The molecule has 0 spiro atoms. The van der Waals surface area contributed by atoms with Crippen molar-refractivity contribution in [3.05, 3.63) is 58.1 Å². The van der Waals surface area contributed by atoms with E-state index < -0.39 is 0 Å². The van der Waals surface area contributed by atoms with Crippen LogP contribution < -0.4 is 10.1 Å². The number of ketones is 1. The number of hydrogen-bond acceptors (Lipinski definition) is 3. The topological polar surface area (TPSA) is 55.4 Å². The molecule has 1 aliphatic carbocycles. The molecule has 2 aromatic carbocycles. The first-order chi connectivity index (χ1) is 11.1. The fraction of sp³-hybridized carbons (Fsp3) is 0.222. The molecule has 0 bridgehead atoms. The predicted octanol–water partition coefficient (Wildman–Crippen LogP) is 4.30. The minimum atomic E-state index is -0.260. The number of methoxy groups -OCH3 is 1. The van der Waals surface area contributed by atoms with Crippen molar-refractivity contribution in [3.8, 4) is 5.75 Å². The fourth-order valence-electron chi connectivity index (χ4n) is 2.36. The van der Waals surface area contributed by atoms with Gasteiger partial charge in [0.05, 0.1) is 12.7 Å². The molecule has 5 heteroatoms. The number of Topliss-reactive ketones (excluding diaryl/α,β-unsaturated/α-hetero) is 1. The van der Waals surface area contributed by atoms with Gasteiger partial charge in [-0.05, 0) is 55.3 Å². The van der Waals surface area contributed by atoms with Crippen molar-refractivity contribution in [1.82, 2.24) is 0 Å². The van der Waals surface area contributed by atoms with Crippen LogP contribution in [0.15, 0.2) is 46.9 Å². The molecule has 1 saturated carbocycles. The van der Waals surface area contributed by atoms with Crippen molar-refractivity contribution in [1.29, 1.82) is 0 Å². The van der Waals surface area contributed by atoms with Gasteiger partial charge in [-0.15, -0.1) is 0 Å². The molecular weight excluding hydrogens is 358 g/mol. The maximum absolute atomic E-state index is 12.4. The average Bonchev–Trinajstić information content (AvgIpc) is 3.39. The first kappa shape index (κ1) is 15.7. The molecule has 4 nitrogen and oxygen atoms in total. The number of rotatable bonds is 5. The lowest BCUT2D eigenvalue weighted by Crippen LogP contribution is -2.13. The minimum Gasteiger partial charge on any atom is -0.496 e. The number of amides is 1. The second kappa shape index (κ2) is 6.54. The Morgan fingerprint density at radius 1 is 1.13 bits per heavy atom. The zero-order valence-corrected chi connectivity index (χ0v) is 14.2. The Morgan fingerprint density at radius 2 is 1.83 bits per heavy atom. The molecule has 0 saturated heterocycles. The van der Waals surface area contributed by atoms with Gasteiger partial charge < -0.3 is 10.1 Å². The molecule has 0 unspecified atom stereocenters. The highest BCUT2D eigenvalue weighted by Gasteiger charge is 2.30. The molecule has 1 N–H and O–H groups in total. The highest BCUT2D eigenvalue weighted by molar-refractivity contribution is 9.10. The summed E-state index contributed by atoms with van der Waals surface area (Å²) >= 11 is 3.35. The number of hydrogen-bond donors (Lipinski definition) is 1. The van der Waals surface area contributed by atoms with Gasteiger partial charge in [0.2, 0.25) is 0 Å². The first-order valence-corrected chi connectivity index (χ1v) is 8.17. The summed E-state index contributed by atoms with van der Waals surface area (Å²) in [5.74, 6) is 0.633. The normalized spacial score (nSPS) is 13.5. The van der Waals surface area contributed by atoms with Crippen LogP contribution in [0.3, 0.4) is 0 Å². The summed E-state index contributed by atoms with van der Waals surface area (Å²) in [4.78, 5) is 24.4. The van der Waals surface area contributed by atoms with E-state index in [4.69, 9.17) is 4.74 Å². The summed E-state index contributed by atoms with van der Waals surface area (Å²) in [5, 5.41) is 2.82. The van der Waals surface area contributed by atoms with Gasteiger partial charge in [-0.25, -0.2) is 0 Å². The summed E-state index contributed by atoms with van der Waals surface area (Å²) in [6.07, 6.45) is 1.97. The lowest BCUT2D eigenvalue weighted by Gasteiger charge is -2.10. The zero-order valence-electron chi connectivity index (χ0n) is 12.6. The van der Waals surface area contributed by atoms with Crippen LogP contribution in [-0.2, 0) is 0 Å². The quantitative estimate of drug-likeness (QED) is 0.794. The number of nitrogens with one attached hydrogen (secondary N) is 1. The van der Waals surface area contributed by atoms with Crippen LogP contribution in [0, 0.1) is 5.92 Å². The Labute approximate surface area is 143 Å². The highest BCUT2D eigenvalue weighted by atomic mass is 79.9. The maximum Gasteiger partial charge on any atom is 0.259 e. The van der Waals surface area contributed by atoms with Crippen LogP contribution in [0.25, 0.3) is 0 Å². The lowest BCUT2D eigenvalue weighted by atomic mass is 10.1. The second-order valence-electron chi connectivity index (χ2n) is 5.51. The van der Waals surface area contributed by atoms with E-state index in [0.29, 0.717) is 22.6 Å². The van der Waals surface area contributed by atoms with E-state index in [1.165, 1.54) is 7.11 Å². The number of carbonyl (C=O) groups is 2. The number of anilines is 1. The van der Waals surface area contributed by atoms with Crippen LogP contribution >= 0.6 is 15.9 Å². The third kappa shape index (κ3) is 3.62. The third-order valence-electron chi connectivity index (χ3n) is 3.78. The Kier molecular flexibility index (Phi) is 4.48. The Hall–Kier alpha value is -2.14. The largest absolute Gasteiger partial charge is 0.496 e. The van der Waals surface area contributed by atoms with E-state index in [9.17, 15) is 9.59 Å². The van der Waals surface area contributed by atoms with Crippen molar-refractivity contribution < 1.29 is 14.3 Å². The zero-order chi connectivity index (χ0) is 16.4. The molecule has 2 aromatic rings. The number of ether oxygens (including phenoxy) is 1. The molecule has 0 radical (unpaired) electrons. The predicted molar refractivity (Wildman–Crippen MR) is 92.1 cm³/mol. The molecule has 0 aliphatic heterocycles. The Bertz CT molecular complexity index is 751. The average molecular weight is 374 g/mol. The monoisotopic (exact) mass is 373 g/mol. The van der Waals surface area contributed by atoms with E-state index in [2.05, 4.69) is 21.2 Å². The van der Waals surface area contributed by atoms with Gasteiger partial charge in [-0.1, -0.05) is 15.9 Å². The fourth-order valence-corrected chi connectivity index (χ4v) is 2.72.